The van der Waals surface area contributed by atoms with E-state index in [4.69, 9.17) is 10.5 Å². The molecule has 2 aromatic carbocycles. The number of ether oxygens (including phenoxy) is 1. The molecule has 0 aromatic heterocycles. The van der Waals surface area contributed by atoms with Crippen molar-refractivity contribution in [3.8, 4) is 11.5 Å². The fourth-order valence-corrected chi connectivity index (χ4v) is 1.87. The molecule has 0 saturated heterocycles. The van der Waals surface area contributed by atoms with Crippen LogP contribution in [0.5, 0.6) is 11.5 Å². The highest BCUT2D eigenvalue weighted by molar-refractivity contribution is 5.97. The lowest BCUT2D eigenvalue weighted by molar-refractivity contribution is 0.0997. The van der Waals surface area contributed by atoms with Gasteiger partial charge in [-0.05, 0) is 29.8 Å². The van der Waals surface area contributed by atoms with Gasteiger partial charge >= 0.3 is 0 Å². The summed E-state index contributed by atoms with van der Waals surface area (Å²) in [7, 11) is 1.56. The number of phenols is 1. The minimum absolute atomic E-state index is 0.173. The van der Waals surface area contributed by atoms with Gasteiger partial charge in [0.1, 0.15) is 17.3 Å². The molecule has 0 spiro atoms. The molecule has 21 heavy (non-hydrogen) atoms. The van der Waals surface area contributed by atoms with E-state index in [-0.39, 0.29) is 16.9 Å². The molecular weight excluding hydrogens is 273 g/mol. The van der Waals surface area contributed by atoms with Crippen LogP contribution in [0.1, 0.15) is 21.5 Å². The van der Waals surface area contributed by atoms with Crippen molar-refractivity contribution in [2.75, 3.05) is 7.11 Å². The average Bonchev–Trinajstić information content (AvgIpc) is 2.47. The molecule has 2 rings (SSSR count). The Bertz CT molecular complexity index is 711. The third-order valence-electron chi connectivity index (χ3n) is 2.92. The standard InChI is InChI=1S/C16H14FNO3/c1-21-13-4-2-3-10(7-13)5-6-11-8-12(17)9-14(15(11)19)16(18)20/h2-9,19H,1H3,(H2,18,20)/b6-5+. The zero-order chi connectivity index (χ0) is 15.4. The molecule has 0 radical (unpaired) electrons. The number of carbonyl (C=O) groups excluding carboxylic acids is 1. The summed E-state index contributed by atoms with van der Waals surface area (Å²) in [5.74, 6) is -1.20. The van der Waals surface area contributed by atoms with Gasteiger partial charge in [-0.25, -0.2) is 4.39 Å². The Morgan fingerprint density at radius 3 is 2.71 bits per heavy atom. The van der Waals surface area contributed by atoms with Crippen molar-refractivity contribution in [2.45, 2.75) is 0 Å². The second kappa shape index (κ2) is 6.09. The maximum Gasteiger partial charge on any atom is 0.252 e. The van der Waals surface area contributed by atoms with Crippen molar-refractivity contribution in [1.29, 1.82) is 0 Å². The van der Waals surface area contributed by atoms with E-state index in [1.54, 1.807) is 31.4 Å². The minimum Gasteiger partial charge on any atom is -0.506 e. The van der Waals surface area contributed by atoms with Gasteiger partial charge in [-0.15, -0.1) is 0 Å². The molecular formula is C16H14FNO3. The SMILES string of the molecule is COc1cccc(/C=C/c2cc(F)cc(C(N)=O)c2O)c1. The molecule has 4 nitrogen and oxygen atoms in total. The summed E-state index contributed by atoms with van der Waals surface area (Å²) in [6, 6.07) is 9.23. The predicted octanol–water partition coefficient (Wildman–Crippen LogP) is 2.81. The Hall–Kier alpha value is -2.82. The van der Waals surface area contributed by atoms with Gasteiger partial charge in [0.25, 0.3) is 5.91 Å². The number of halogens is 1. The summed E-state index contributed by atoms with van der Waals surface area (Å²) >= 11 is 0. The first-order chi connectivity index (χ1) is 10.0. The van der Waals surface area contributed by atoms with Crippen LogP contribution in [0.3, 0.4) is 0 Å². The average molecular weight is 287 g/mol. The van der Waals surface area contributed by atoms with Gasteiger partial charge in [0.15, 0.2) is 0 Å². The number of aromatic hydroxyl groups is 1. The maximum atomic E-state index is 13.4. The Morgan fingerprint density at radius 1 is 1.29 bits per heavy atom. The summed E-state index contributed by atoms with van der Waals surface area (Å²) in [6.07, 6.45) is 3.17. The normalized spacial score (nSPS) is 10.8. The number of amides is 1. The zero-order valence-electron chi connectivity index (χ0n) is 11.3. The van der Waals surface area contributed by atoms with Gasteiger partial charge < -0.3 is 15.6 Å². The molecule has 0 heterocycles. The van der Waals surface area contributed by atoms with Crippen molar-refractivity contribution in [2.24, 2.45) is 5.73 Å². The Balaban J connectivity index is 2.38. The molecule has 0 unspecified atom stereocenters. The summed E-state index contributed by atoms with van der Waals surface area (Å²) < 4.78 is 18.5. The highest BCUT2D eigenvalue weighted by Gasteiger charge is 2.12. The predicted molar refractivity (Wildman–Crippen MR) is 78.5 cm³/mol. The van der Waals surface area contributed by atoms with Gasteiger partial charge in [0.05, 0.1) is 12.7 Å². The fraction of sp³-hybridized carbons (Fsp3) is 0.0625. The van der Waals surface area contributed by atoms with E-state index in [0.29, 0.717) is 5.75 Å². The fourth-order valence-electron chi connectivity index (χ4n) is 1.87. The van der Waals surface area contributed by atoms with Crippen molar-refractivity contribution in [3.63, 3.8) is 0 Å². The summed E-state index contributed by atoms with van der Waals surface area (Å²) in [6.45, 7) is 0. The molecule has 0 aliphatic carbocycles. The van der Waals surface area contributed by atoms with E-state index in [9.17, 15) is 14.3 Å². The lowest BCUT2D eigenvalue weighted by atomic mass is 10.1. The first-order valence-corrected chi connectivity index (χ1v) is 6.15. The Morgan fingerprint density at radius 2 is 2.05 bits per heavy atom. The van der Waals surface area contributed by atoms with Crippen LogP contribution in [0, 0.1) is 5.82 Å². The maximum absolute atomic E-state index is 13.4. The molecule has 0 aliphatic rings. The highest BCUT2D eigenvalue weighted by Crippen LogP contribution is 2.26. The Labute approximate surface area is 121 Å². The summed E-state index contributed by atoms with van der Waals surface area (Å²) in [4.78, 5) is 11.1. The van der Waals surface area contributed by atoms with E-state index in [2.05, 4.69) is 0 Å². The second-order valence-corrected chi connectivity index (χ2v) is 4.37. The molecule has 2 aromatic rings. The van der Waals surface area contributed by atoms with Crippen LogP contribution in [-0.2, 0) is 0 Å². The quantitative estimate of drug-likeness (QED) is 0.849. The highest BCUT2D eigenvalue weighted by atomic mass is 19.1. The van der Waals surface area contributed by atoms with Crippen LogP contribution >= 0.6 is 0 Å². The number of methoxy groups -OCH3 is 1. The van der Waals surface area contributed by atoms with E-state index >= 15 is 0 Å². The summed E-state index contributed by atoms with van der Waals surface area (Å²) in [5.41, 5.74) is 5.82. The summed E-state index contributed by atoms with van der Waals surface area (Å²) in [5, 5.41) is 9.92. The lowest BCUT2D eigenvalue weighted by Gasteiger charge is -2.05. The molecule has 0 aliphatic heterocycles. The molecule has 0 fully saturated rings. The first-order valence-electron chi connectivity index (χ1n) is 6.15. The molecule has 0 atom stereocenters. The smallest absolute Gasteiger partial charge is 0.252 e. The Kier molecular flexibility index (Phi) is 4.23. The third-order valence-corrected chi connectivity index (χ3v) is 2.92. The van der Waals surface area contributed by atoms with Gasteiger partial charge in [-0.1, -0.05) is 24.3 Å². The molecule has 1 amide bonds. The molecule has 108 valence electrons. The van der Waals surface area contributed by atoms with Crippen LogP contribution in [0.4, 0.5) is 4.39 Å². The number of carbonyl (C=O) groups is 1. The zero-order valence-corrected chi connectivity index (χ0v) is 11.3. The number of hydrogen-bond acceptors (Lipinski definition) is 3. The number of primary amides is 1. The molecule has 0 bridgehead atoms. The van der Waals surface area contributed by atoms with Crippen molar-refractivity contribution in [3.05, 3.63) is 58.9 Å². The van der Waals surface area contributed by atoms with Crippen molar-refractivity contribution >= 4 is 18.1 Å². The second-order valence-electron chi connectivity index (χ2n) is 4.37. The number of benzene rings is 2. The van der Waals surface area contributed by atoms with E-state index in [1.807, 2.05) is 6.07 Å². The topological polar surface area (TPSA) is 72.5 Å². The third kappa shape index (κ3) is 3.39. The first kappa shape index (κ1) is 14.6. The monoisotopic (exact) mass is 287 g/mol. The van der Waals surface area contributed by atoms with Gasteiger partial charge in [0.2, 0.25) is 0 Å². The van der Waals surface area contributed by atoms with Gasteiger partial charge in [0, 0.05) is 5.56 Å². The molecule has 3 N–H and O–H groups in total. The van der Waals surface area contributed by atoms with Crippen molar-refractivity contribution < 1.29 is 19.0 Å². The van der Waals surface area contributed by atoms with Crippen LogP contribution < -0.4 is 10.5 Å². The van der Waals surface area contributed by atoms with Gasteiger partial charge in [-0.3, -0.25) is 4.79 Å². The van der Waals surface area contributed by atoms with Crippen LogP contribution in [0.15, 0.2) is 36.4 Å². The van der Waals surface area contributed by atoms with E-state index < -0.39 is 11.7 Å². The van der Waals surface area contributed by atoms with E-state index in [0.717, 1.165) is 17.7 Å². The molecule has 5 heteroatoms. The number of hydrogen-bond donors (Lipinski definition) is 2. The largest absolute Gasteiger partial charge is 0.506 e. The van der Waals surface area contributed by atoms with E-state index in [1.165, 1.54) is 6.08 Å². The number of rotatable bonds is 4. The molecule has 0 saturated carbocycles. The van der Waals surface area contributed by atoms with Gasteiger partial charge in [-0.2, -0.15) is 0 Å². The lowest BCUT2D eigenvalue weighted by Crippen LogP contribution is -2.11. The van der Waals surface area contributed by atoms with Crippen LogP contribution in [0.2, 0.25) is 0 Å². The van der Waals surface area contributed by atoms with Crippen LogP contribution in [-0.4, -0.2) is 18.1 Å². The number of nitrogens with two attached hydrogens (primary N) is 1. The van der Waals surface area contributed by atoms with Crippen LogP contribution in [0.25, 0.3) is 12.2 Å². The van der Waals surface area contributed by atoms with Crippen molar-refractivity contribution in [1.82, 2.24) is 0 Å². The minimum atomic E-state index is -0.886.